The standard InChI is InChI=1S/C15H26N4O/c1-4-20-15-12(16)14(18-13(19-15)10(2)3)17-11-8-6-5-7-9-11/h10-11H,4-9,16H2,1-3H3,(H,17,18,19). The molecule has 1 saturated carbocycles. The Balaban J connectivity index is 2.24. The largest absolute Gasteiger partial charge is 0.476 e. The fraction of sp³-hybridized carbons (Fsp3) is 0.733. The van der Waals surface area contributed by atoms with E-state index in [1.165, 1.54) is 32.1 Å². The molecule has 0 aromatic carbocycles. The first-order chi connectivity index (χ1) is 9.61. The van der Waals surface area contributed by atoms with Gasteiger partial charge in [0.15, 0.2) is 5.82 Å². The van der Waals surface area contributed by atoms with Gasteiger partial charge in [0.2, 0.25) is 5.88 Å². The van der Waals surface area contributed by atoms with Crippen LogP contribution in [0, 0.1) is 0 Å². The summed E-state index contributed by atoms with van der Waals surface area (Å²) in [4.78, 5) is 9.00. The number of aromatic nitrogens is 2. The fourth-order valence-electron chi connectivity index (χ4n) is 2.52. The van der Waals surface area contributed by atoms with Crippen molar-refractivity contribution in [3.05, 3.63) is 5.82 Å². The quantitative estimate of drug-likeness (QED) is 0.864. The van der Waals surface area contributed by atoms with Gasteiger partial charge in [0.1, 0.15) is 11.5 Å². The van der Waals surface area contributed by atoms with Crippen molar-refractivity contribution in [3.63, 3.8) is 0 Å². The highest BCUT2D eigenvalue weighted by atomic mass is 16.5. The Hall–Kier alpha value is -1.52. The minimum Gasteiger partial charge on any atom is -0.476 e. The van der Waals surface area contributed by atoms with Crippen LogP contribution in [-0.2, 0) is 0 Å². The van der Waals surface area contributed by atoms with Crippen LogP contribution in [0.2, 0.25) is 0 Å². The molecule has 0 aliphatic heterocycles. The highest BCUT2D eigenvalue weighted by Crippen LogP contribution is 2.30. The maximum Gasteiger partial charge on any atom is 0.242 e. The number of nitrogens with two attached hydrogens (primary N) is 1. The van der Waals surface area contributed by atoms with E-state index in [1.807, 2.05) is 6.92 Å². The molecule has 1 heterocycles. The lowest BCUT2D eigenvalue weighted by Gasteiger charge is -2.24. The van der Waals surface area contributed by atoms with Crippen molar-refractivity contribution in [2.75, 3.05) is 17.7 Å². The van der Waals surface area contributed by atoms with E-state index in [-0.39, 0.29) is 5.92 Å². The summed E-state index contributed by atoms with van der Waals surface area (Å²) in [5.41, 5.74) is 6.67. The highest BCUT2D eigenvalue weighted by molar-refractivity contribution is 5.67. The number of nitrogens with one attached hydrogen (secondary N) is 1. The van der Waals surface area contributed by atoms with Crippen LogP contribution in [0.5, 0.6) is 5.88 Å². The highest BCUT2D eigenvalue weighted by Gasteiger charge is 2.19. The summed E-state index contributed by atoms with van der Waals surface area (Å²) < 4.78 is 5.54. The number of nitrogen functional groups attached to an aromatic ring is 1. The summed E-state index contributed by atoms with van der Waals surface area (Å²) >= 11 is 0. The average molecular weight is 278 g/mol. The van der Waals surface area contributed by atoms with Gasteiger partial charge in [-0.05, 0) is 19.8 Å². The van der Waals surface area contributed by atoms with Gasteiger partial charge in [0, 0.05) is 12.0 Å². The van der Waals surface area contributed by atoms with E-state index < -0.39 is 0 Å². The number of nitrogens with zero attached hydrogens (tertiary/aromatic N) is 2. The maximum atomic E-state index is 6.14. The van der Waals surface area contributed by atoms with Crippen molar-refractivity contribution in [2.45, 2.75) is 64.8 Å². The lowest BCUT2D eigenvalue weighted by atomic mass is 9.95. The SMILES string of the molecule is CCOc1nc(C(C)C)nc(NC2CCCCC2)c1N. The van der Waals surface area contributed by atoms with Gasteiger partial charge in [-0.25, -0.2) is 4.98 Å². The molecule has 0 radical (unpaired) electrons. The van der Waals surface area contributed by atoms with E-state index in [1.54, 1.807) is 0 Å². The van der Waals surface area contributed by atoms with Crippen LogP contribution in [0.15, 0.2) is 0 Å². The van der Waals surface area contributed by atoms with Crippen LogP contribution in [0.3, 0.4) is 0 Å². The Morgan fingerprint density at radius 3 is 2.55 bits per heavy atom. The molecule has 0 saturated heterocycles. The predicted octanol–water partition coefficient (Wildman–Crippen LogP) is 3.33. The monoisotopic (exact) mass is 278 g/mol. The fourth-order valence-corrected chi connectivity index (χ4v) is 2.52. The molecule has 5 heteroatoms. The topological polar surface area (TPSA) is 73.1 Å². The zero-order chi connectivity index (χ0) is 14.5. The zero-order valence-corrected chi connectivity index (χ0v) is 12.8. The normalized spacial score (nSPS) is 16.4. The van der Waals surface area contributed by atoms with Crippen molar-refractivity contribution in [1.29, 1.82) is 0 Å². The van der Waals surface area contributed by atoms with E-state index in [0.717, 1.165) is 11.6 Å². The van der Waals surface area contributed by atoms with Crippen LogP contribution in [0.25, 0.3) is 0 Å². The van der Waals surface area contributed by atoms with Gasteiger partial charge in [0.05, 0.1) is 6.61 Å². The second-order valence-corrected chi connectivity index (χ2v) is 5.72. The van der Waals surface area contributed by atoms with Crippen LogP contribution in [-0.4, -0.2) is 22.6 Å². The van der Waals surface area contributed by atoms with Crippen LogP contribution < -0.4 is 15.8 Å². The molecule has 5 nitrogen and oxygen atoms in total. The number of rotatable bonds is 5. The van der Waals surface area contributed by atoms with E-state index in [9.17, 15) is 0 Å². The lowest BCUT2D eigenvalue weighted by Crippen LogP contribution is -2.24. The molecule has 2 rings (SSSR count). The van der Waals surface area contributed by atoms with Crippen molar-refractivity contribution < 1.29 is 4.74 Å². The minimum absolute atomic E-state index is 0.252. The Kier molecular flexibility index (Phi) is 5.04. The van der Waals surface area contributed by atoms with E-state index in [2.05, 4.69) is 29.1 Å². The zero-order valence-electron chi connectivity index (χ0n) is 12.8. The minimum atomic E-state index is 0.252. The first-order valence-electron chi connectivity index (χ1n) is 7.68. The summed E-state index contributed by atoms with van der Waals surface area (Å²) in [5.74, 6) is 2.27. The Bertz CT molecular complexity index is 442. The molecule has 1 fully saturated rings. The van der Waals surface area contributed by atoms with E-state index in [0.29, 0.717) is 24.2 Å². The molecule has 0 unspecified atom stereocenters. The van der Waals surface area contributed by atoms with Gasteiger partial charge in [0.25, 0.3) is 0 Å². The molecule has 20 heavy (non-hydrogen) atoms. The van der Waals surface area contributed by atoms with Crippen molar-refractivity contribution >= 4 is 11.5 Å². The van der Waals surface area contributed by atoms with Gasteiger partial charge < -0.3 is 15.8 Å². The number of anilines is 2. The molecule has 0 bridgehead atoms. The van der Waals surface area contributed by atoms with Crippen molar-refractivity contribution in [3.8, 4) is 5.88 Å². The maximum absolute atomic E-state index is 6.14. The first kappa shape index (κ1) is 14.9. The molecular formula is C15H26N4O. The Morgan fingerprint density at radius 1 is 1.25 bits per heavy atom. The second-order valence-electron chi connectivity index (χ2n) is 5.72. The van der Waals surface area contributed by atoms with Crippen LogP contribution in [0.4, 0.5) is 11.5 Å². The lowest BCUT2D eigenvalue weighted by molar-refractivity contribution is 0.326. The van der Waals surface area contributed by atoms with E-state index in [4.69, 9.17) is 10.5 Å². The summed E-state index contributed by atoms with van der Waals surface area (Å²) in [6.07, 6.45) is 6.25. The molecule has 1 aromatic heterocycles. The molecule has 3 N–H and O–H groups in total. The van der Waals surface area contributed by atoms with Gasteiger partial charge in [-0.2, -0.15) is 4.98 Å². The summed E-state index contributed by atoms with van der Waals surface area (Å²) in [6, 6.07) is 0.468. The molecule has 1 aliphatic carbocycles. The molecule has 0 amide bonds. The predicted molar refractivity (Wildman–Crippen MR) is 82.2 cm³/mol. The Labute approximate surface area is 121 Å². The average Bonchev–Trinajstić information content (AvgIpc) is 2.44. The molecule has 0 atom stereocenters. The van der Waals surface area contributed by atoms with Gasteiger partial charge in [-0.1, -0.05) is 33.1 Å². The molecule has 1 aromatic rings. The van der Waals surface area contributed by atoms with Crippen LogP contribution >= 0.6 is 0 Å². The first-order valence-corrected chi connectivity index (χ1v) is 7.68. The van der Waals surface area contributed by atoms with Crippen molar-refractivity contribution in [1.82, 2.24) is 9.97 Å². The third-order valence-corrected chi connectivity index (χ3v) is 3.67. The van der Waals surface area contributed by atoms with E-state index >= 15 is 0 Å². The Morgan fingerprint density at radius 2 is 1.95 bits per heavy atom. The number of ether oxygens (including phenoxy) is 1. The van der Waals surface area contributed by atoms with Crippen molar-refractivity contribution in [2.24, 2.45) is 0 Å². The van der Waals surface area contributed by atoms with Gasteiger partial charge in [-0.15, -0.1) is 0 Å². The summed E-state index contributed by atoms with van der Waals surface area (Å²) in [7, 11) is 0. The van der Waals surface area contributed by atoms with Gasteiger partial charge in [-0.3, -0.25) is 0 Å². The molecule has 0 spiro atoms. The molecular weight excluding hydrogens is 252 g/mol. The van der Waals surface area contributed by atoms with Crippen LogP contribution in [0.1, 0.15) is 64.6 Å². The molecule has 1 aliphatic rings. The second kappa shape index (κ2) is 6.77. The summed E-state index contributed by atoms with van der Waals surface area (Å²) in [5, 5.41) is 3.49. The third kappa shape index (κ3) is 3.52. The molecule has 112 valence electrons. The number of hydrogen-bond acceptors (Lipinski definition) is 5. The number of hydrogen-bond donors (Lipinski definition) is 2. The third-order valence-electron chi connectivity index (χ3n) is 3.67. The van der Waals surface area contributed by atoms with Gasteiger partial charge >= 0.3 is 0 Å². The smallest absolute Gasteiger partial charge is 0.242 e. The summed E-state index contributed by atoms with van der Waals surface area (Å²) in [6.45, 7) is 6.64.